The van der Waals surface area contributed by atoms with Gasteiger partial charge in [0.25, 0.3) is 0 Å². The van der Waals surface area contributed by atoms with Crippen LogP contribution in [0.5, 0.6) is 0 Å². The predicted molar refractivity (Wildman–Crippen MR) is 101 cm³/mol. The molecule has 0 radical (unpaired) electrons. The van der Waals surface area contributed by atoms with Crippen LogP contribution in [-0.4, -0.2) is 59.4 Å². The monoisotopic (exact) mass is 354 g/mol. The van der Waals surface area contributed by atoms with Gasteiger partial charge in [-0.15, -0.1) is 0 Å². The van der Waals surface area contributed by atoms with Gasteiger partial charge in [-0.25, -0.2) is 0 Å². The van der Waals surface area contributed by atoms with Crippen LogP contribution in [0.3, 0.4) is 0 Å². The topological polar surface area (TPSA) is 57.6 Å². The Kier molecular flexibility index (Phi) is 5.42. The first-order valence-electron chi connectivity index (χ1n) is 8.92. The normalized spacial score (nSPS) is 18.0. The fraction of sp³-hybridized carbons (Fsp3) is 0.400. The molecule has 2 atom stereocenters. The molecule has 1 aliphatic rings. The maximum absolute atomic E-state index is 12.5. The molecule has 3 rings (SSSR count). The second kappa shape index (κ2) is 7.74. The van der Waals surface area contributed by atoms with E-state index in [1.54, 1.807) is 21.0 Å². The Morgan fingerprint density at radius 1 is 1.15 bits per heavy atom. The molecular formula is C20H26N4O2. The molecule has 0 bridgehead atoms. The summed E-state index contributed by atoms with van der Waals surface area (Å²) in [7, 11) is 3.38. The Hall–Kier alpha value is -2.60. The van der Waals surface area contributed by atoms with Crippen molar-refractivity contribution in [1.82, 2.24) is 19.7 Å². The number of carbonyl (C=O) groups excluding carboxylic acids is 2. The number of hydrogen-bond acceptors (Lipinski definition) is 3. The first-order valence-corrected chi connectivity index (χ1v) is 8.92. The van der Waals surface area contributed by atoms with Crippen molar-refractivity contribution in [3.8, 4) is 0 Å². The van der Waals surface area contributed by atoms with Gasteiger partial charge in [0.1, 0.15) is 6.04 Å². The maximum Gasteiger partial charge on any atom is 0.244 e. The predicted octanol–water partition coefficient (Wildman–Crippen LogP) is 1.49. The third-order valence-corrected chi connectivity index (χ3v) is 4.79. The summed E-state index contributed by atoms with van der Waals surface area (Å²) in [4.78, 5) is 28.2. The number of rotatable bonds is 5. The van der Waals surface area contributed by atoms with Gasteiger partial charge in [0.2, 0.25) is 11.8 Å². The van der Waals surface area contributed by atoms with Gasteiger partial charge < -0.3 is 14.8 Å². The average molecular weight is 354 g/mol. The molecule has 2 amide bonds. The molecule has 0 aliphatic carbocycles. The van der Waals surface area contributed by atoms with Gasteiger partial charge in [-0.1, -0.05) is 30.3 Å². The second-order valence-corrected chi connectivity index (χ2v) is 6.93. The average Bonchev–Trinajstić information content (AvgIpc) is 3.10. The van der Waals surface area contributed by atoms with Gasteiger partial charge in [-0.2, -0.15) is 0 Å². The van der Waals surface area contributed by atoms with Crippen molar-refractivity contribution in [2.45, 2.75) is 25.6 Å². The molecule has 0 saturated heterocycles. The van der Waals surface area contributed by atoms with Crippen LogP contribution in [-0.2, 0) is 16.1 Å². The number of amides is 2. The Bertz CT molecular complexity index is 769. The second-order valence-electron chi connectivity index (χ2n) is 6.93. The Balaban J connectivity index is 1.76. The molecule has 2 aromatic rings. The van der Waals surface area contributed by atoms with Crippen LogP contribution in [0, 0.1) is 0 Å². The van der Waals surface area contributed by atoms with Gasteiger partial charge in [0.05, 0.1) is 12.6 Å². The third-order valence-electron chi connectivity index (χ3n) is 4.79. The fourth-order valence-corrected chi connectivity index (χ4v) is 3.54. The minimum absolute atomic E-state index is 0.0329. The molecule has 0 fully saturated rings. The standard InChI is InChI=1S/C20H26N4O2/c1-15(20(26)22(2)3)21-18(25)14-24-13-12-23-11-7-10-17(23)19(24)16-8-5-4-6-9-16/h4-11,15,19H,12-14H2,1-3H3,(H,21,25). The van der Waals surface area contributed by atoms with E-state index in [2.05, 4.69) is 39.2 Å². The summed E-state index contributed by atoms with van der Waals surface area (Å²) in [5.74, 6) is -0.237. The highest BCUT2D eigenvalue weighted by Crippen LogP contribution is 2.31. The fourth-order valence-electron chi connectivity index (χ4n) is 3.54. The minimum Gasteiger partial charge on any atom is -0.348 e. The first kappa shape index (κ1) is 18.2. The lowest BCUT2D eigenvalue weighted by Gasteiger charge is -2.37. The summed E-state index contributed by atoms with van der Waals surface area (Å²) in [5.41, 5.74) is 2.35. The molecule has 6 nitrogen and oxygen atoms in total. The van der Waals surface area contributed by atoms with Gasteiger partial charge in [-0.05, 0) is 24.6 Å². The SMILES string of the molecule is CC(NC(=O)CN1CCn2cccc2C1c1ccccc1)C(=O)N(C)C. The highest BCUT2D eigenvalue weighted by Gasteiger charge is 2.30. The molecule has 2 heterocycles. The lowest BCUT2D eigenvalue weighted by molar-refractivity contribution is -0.134. The number of fused-ring (bicyclic) bond motifs is 1. The van der Waals surface area contributed by atoms with Crippen molar-refractivity contribution >= 4 is 11.8 Å². The van der Waals surface area contributed by atoms with Crippen LogP contribution in [0.4, 0.5) is 0 Å². The number of nitrogens with zero attached hydrogens (tertiary/aromatic N) is 3. The third kappa shape index (κ3) is 3.80. The highest BCUT2D eigenvalue weighted by molar-refractivity contribution is 5.87. The van der Waals surface area contributed by atoms with E-state index >= 15 is 0 Å². The number of hydrogen-bond donors (Lipinski definition) is 1. The molecular weight excluding hydrogens is 328 g/mol. The molecule has 0 spiro atoms. The zero-order chi connectivity index (χ0) is 18.7. The Morgan fingerprint density at radius 2 is 1.88 bits per heavy atom. The molecule has 1 aromatic heterocycles. The van der Waals surface area contributed by atoms with Crippen LogP contribution < -0.4 is 5.32 Å². The van der Waals surface area contributed by atoms with Crippen molar-refractivity contribution in [3.05, 3.63) is 59.9 Å². The van der Waals surface area contributed by atoms with Gasteiger partial charge >= 0.3 is 0 Å². The van der Waals surface area contributed by atoms with E-state index in [0.717, 1.165) is 18.7 Å². The Labute approximate surface area is 154 Å². The minimum atomic E-state index is -0.527. The number of carbonyl (C=O) groups is 2. The van der Waals surface area contributed by atoms with Crippen LogP contribution in [0.1, 0.15) is 24.2 Å². The quantitative estimate of drug-likeness (QED) is 0.885. The van der Waals surface area contributed by atoms with Crippen molar-refractivity contribution in [1.29, 1.82) is 0 Å². The van der Waals surface area contributed by atoms with Crippen molar-refractivity contribution in [2.75, 3.05) is 27.2 Å². The number of nitrogens with one attached hydrogen (secondary N) is 1. The van der Waals surface area contributed by atoms with E-state index in [1.165, 1.54) is 10.6 Å². The first-order chi connectivity index (χ1) is 12.5. The molecule has 138 valence electrons. The molecule has 1 N–H and O–H groups in total. The van der Waals surface area contributed by atoms with Crippen LogP contribution in [0.15, 0.2) is 48.7 Å². The summed E-state index contributed by atoms with van der Waals surface area (Å²) in [6.07, 6.45) is 2.08. The smallest absolute Gasteiger partial charge is 0.244 e. The highest BCUT2D eigenvalue weighted by atomic mass is 16.2. The van der Waals surface area contributed by atoms with E-state index in [4.69, 9.17) is 0 Å². The zero-order valence-electron chi connectivity index (χ0n) is 15.6. The zero-order valence-corrected chi connectivity index (χ0v) is 15.6. The number of aromatic nitrogens is 1. The van der Waals surface area contributed by atoms with Crippen molar-refractivity contribution in [2.24, 2.45) is 0 Å². The summed E-state index contributed by atoms with van der Waals surface area (Å²) in [6, 6.07) is 13.9. The molecule has 26 heavy (non-hydrogen) atoms. The lowest BCUT2D eigenvalue weighted by Crippen LogP contribution is -2.49. The van der Waals surface area contributed by atoms with Crippen LogP contribution in [0.2, 0.25) is 0 Å². The summed E-state index contributed by atoms with van der Waals surface area (Å²) in [5, 5.41) is 2.82. The molecule has 1 aliphatic heterocycles. The van der Waals surface area contributed by atoms with Gasteiger partial charge in [0.15, 0.2) is 0 Å². The Morgan fingerprint density at radius 3 is 2.58 bits per heavy atom. The summed E-state index contributed by atoms with van der Waals surface area (Å²) in [6.45, 7) is 3.61. The van der Waals surface area contributed by atoms with E-state index in [9.17, 15) is 9.59 Å². The van der Waals surface area contributed by atoms with E-state index < -0.39 is 6.04 Å². The van der Waals surface area contributed by atoms with E-state index in [1.807, 2.05) is 24.3 Å². The van der Waals surface area contributed by atoms with Crippen LogP contribution >= 0.6 is 0 Å². The summed E-state index contributed by atoms with van der Waals surface area (Å²) < 4.78 is 2.24. The summed E-state index contributed by atoms with van der Waals surface area (Å²) >= 11 is 0. The molecule has 2 unspecified atom stereocenters. The van der Waals surface area contributed by atoms with E-state index in [-0.39, 0.29) is 24.4 Å². The number of benzene rings is 1. The lowest BCUT2D eigenvalue weighted by atomic mass is 10.00. The maximum atomic E-state index is 12.5. The van der Waals surface area contributed by atoms with Crippen molar-refractivity contribution < 1.29 is 9.59 Å². The molecule has 1 aromatic carbocycles. The van der Waals surface area contributed by atoms with Crippen LogP contribution in [0.25, 0.3) is 0 Å². The van der Waals surface area contributed by atoms with Gasteiger partial charge in [0, 0.05) is 39.1 Å². The molecule has 6 heteroatoms. The van der Waals surface area contributed by atoms with Gasteiger partial charge in [-0.3, -0.25) is 14.5 Å². The molecule has 0 saturated carbocycles. The van der Waals surface area contributed by atoms with E-state index in [0.29, 0.717) is 0 Å². The largest absolute Gasteiger partial charge is 0.348 e. The number of likely N-dealkylation sites (N-methyl/N-ethyl adjacent to an activating group) is 1. The van der Waals surface area contributed by atoms with Crippen molar-refractivity contribution in [3.63, 3.8) is 0 Å².